The predicted octanol–water partition coefficient (Wildman–Crippen LogP) is 1.46. The van der Waals surface area contributed by atoms with Crippen LogP contribution in [-0.2, 0) is 24.2 Å². The minimum atomic E-state index is -0.102. The molecule has 2 aliphatic rings. The molecule has 1 fully saturated rings. The van der Waals surface area contributed by atoms with Gasteiger partial charge in [-0.05, 0) is 17.5 Å². The van der Waals surface area contributed by atoms with Crippen LogP contribution < -0.4 is 10.2 Å². The normalized spacial score (nSPS) is 20.4. The average molecular weight is 357 g/mol. The SMILES string of the molecule is CCc1nsc(N2CCN(C(=O)C3Cc4ccccc4CN3)CC2)n1. The summed E-state index contributed by atoms with van der Waals surface area (Å²) in [7, 11) is 0. The van der Waals surface area contributed by atoms with Crippen LogP contribution in [0.4, 0.5) is 5.13 Å². The van der Waals surface area contributed by atoms with E-state index in [1.165, 1.54) is 22.7 Å². The molecule has 132 valence electrons. The zero-order chi connectivity index (χ0) is 17.2. The monoisotopic (exact) mass is 357 g/mol. The molecule has 0 saturated carbocycles. The molecule has 1 atom stereocenters. The van der Waals surface area contributed by atoms with Gasteiger partial charge in [-0.25, -0.2) is 4.98 Å². The van der Waals surface area contributed by atoms with E-state index in [-0.39, 0.29) is 11.9 Å². The number of aromatic nitrogens is 2. The molecule has 1 aromatic heterocycles. The molecule has 2 aliphatic heterocycles. The van der Waals surface area contributed by atoms with Gasteiger partial charge in [0.15, 0.2) is 0 Å². The summed E-state index contributed by atoms with van der Waals surface area (Å²) in [6.45, 7) is 6.00. The van der Waals surface area contributed by atoms with Gasteiger partial charge in [-0.1, -0.05) is 31.2 Å². The number of hydrogen-bond acceptors (Lipinski definition) is 6. The van der Waals surface area contributed by atoms with Gasteiger partial charge >= 0.3 is 0 Å². The van der Waals surface area contributed by atoms with Crippen molar-refractivity contribution in [2.24, 2.45) is 0 Å². The summed E-state index contributed by atoms with van der Waals surface area (Å²) in [4.78, 5) is 21.7. The van der Waals surface area contributed by atoms with E-state index in [0.717, 1.165) is 56.5 Å². The molecule has 3 heterocycles. The van der Waals surface area contributed by atoms with E-state index in [1.807, 2.05) is 4.90 Å². The Hall–Kier alpha value is -1.99. The third kappa shape index (κ3) is 3.39. The number of carbonyl (C=O) groups is 1. The van der Waals surface area contributed by atoms with Crippen molar-refractivity contribution < 1.29 is 4.79 Å². The van der Waals surface area contributed by atoms with Crippen molar-refractivity contribution in [2.75, 3.05) is 31.1 Å². The molecule has 0 spiro atoms. The maximum atomic E-state index is 12.9. The summed E-state index contributed by atoms with van der Waals surface area (Å²) in [5, 5.41) is 4.38. The molecule has 1 aromatic carbocycles. The minimum absolute atomic E-state index is 0.102. The van der Waals surface area contributed by atoms with Crippen LogP contribution in [0, 0.1) is 0 Å². The van der Waals surface area contributed by atoms with Gasteiger partial charge in [0, 0.05) is 50.7 Å². The number of piperazine rings is 1. The maximum absolute atomic E-state index is 12.9. The Balaban J connectivity index is 1.35. The number of hydrogen-bond donors (Lipinski definition) is 1. The van der Waals surface area contributed by atoms with Gasteiger partial charge in [0.05, 0.1) is 6.04 Å². The van der Waals surface area contributed by atoms with Crippen molar-refractivity contribution in [3.63, 3.8) is 0 Å². The van der Waals surface area contributed by atoms with Gasteiger partial charge in [0.2, 0.25) is 11.0 Å². The lowest BCUT2D eigenvalue weighted by molar-refractivity contribution is -0.134. The molecule has 0 bridgehead atoms. The highest BCUT2D eigenvalue weighted by Gasteiger charge is 2.30. The third-order valence-corrected chi connectivity index (χ3v) is 5.83. The molecule has 6 nitrogen and oxygen atoms in total. The highest BCUT2D eigenvalue weighted by molar-refractivity contribution is 7.09. The second-order valence-electron chi connectivity index (χ2n) is 6.57. The van der Waals surface area contributed by atoms with Crippen molar-refractivity contribution in [2.45, 2.75) is 32.4 Å². The van der Waals surface area contributed by atoms with Crippen LogP contribution in [0.5, 0.6) is 0 Å². The molecule has 1 N–H and O–H groups in total. The van der Waals surface area contributed by atoms with E-state index in [9.17, 15) is 4.79 Å². The minimum Gasteiger partial charge on any atom is -0.343 e. The van der Waals surface area contributed by atoms with Gasteiger partial charge in [-0.2, -0.15) is 4.37 Å². The third-order valence-electron chi connectivity index (χ3n) is 5.01. The summed E-state index contributed by atoms with van der Waals surface area (Å²) in [5.74, 6) is 1.13. The Morgan fingerprint density at radius 2 is 2.00 bits per heavy atom. The summed E-state index contributed by atoms with van der Waals surface area (Å²) < 4.78 is 4.36. The molecule has 1 saturated heterocycles. The quantitative estimate of drug-likeness (QED) is 0.901. The zero-order valence-corrected chi connectivity index (χ0v) is 15.3. The van der Waals surface area contributed by atoms with Crippen LogP contribution in [0.25, 0.3) is 0 Å². The second kappa shape index (κ2) is 7.09. The first kappa shape index (κ1) is 16.5. The predicted molar refractivity (Wildman–Crippen MR) is 98.9 cm³/mol. The molecule has 0 aliphatic carbocycles. The number of fused-ring (bicyclic) bond motifs is 1. The number of carbonyl (C=O) groups excluding carboxylic acids is 1. The Bertz CT molecular complexity index is 753. The molecular formula is C18H23N5OS. The number of amides is 1. The van der Waals surface area contributed by atoms with E-state index < -0.39 is 0 Å². The molecule has 2 aromatic rings. The molecule has 1 amide bonds. The number of rotatable bonds is 3. The Morgan fingerprint density at radius 3 is 2.72 bits per heavy atom. The standard InChI is InChI=1S/C18H23N5OS/c1-2-16-20-18(25-21-16)23-9-7-22(8-10-23)17(24)15-11-13-5-3-4-6-14(13)12-19-15/h3-6,15,19H,2,7-12H2,1H3. The van der Waals surface area contributed by atoms with Crippen LogP contribution in [-0.4, -0.2) is 52.4 Å². The van der Waals surface area contributed by atoms with E-state index in [0.29, 0.717) is 0 Å². The summed E-state index contributed by atoms with van der Waals surface area (Å²) in [6.07, 6.45) is 1.65. The molecule has 7 heteroatoms. The van der Waals surface area contributed by atoms with E-state index >= 15 is 0 Å². The van der Waals surface area contributed by atoms with Crippen LogP contribution in [0.1, 0.15) is 23.9 Å². The first-order valence-electron chi connectivity index (χ1n) is 8.91. The van der Waals surface area contributed by atoms with Gasteiger partial charge in [0.1, 0.15) is 5.82 Å². The molecule has 4 rings (SSSR count). The zero-order valence-electron chi connectivity index (χ0n) is 14.4. The van der Waals surface area contributed by atoms with Crippen LogP contribution in [0.3, 0.4) is 0 Å². The molecular weight excluding hydrogens is 334 g/mol. The van der Waals surface area contributed by atoms with Gasteiger partial charge < -0.3 is 15.1 Å². The maximum Gasteiger partial charge on any atom is 0.240 e. The van der Waals surface area contributed by atoms with Gasteiger partial charge in [-0.15, -0.1) is 0 Å². The lowest BCUT2D eigenvalue weighted by atomic mass is 9.95. The van der Waals surface area contributed by atoms with Crippen molar-refractivity contribution in [3.8, 4) is 0 Å². The number of nitrogens with zero attached hydrogens (tertiary/aromatic N) is 4. The topological polar surface area (TPSA) is 61.4 Å². The lowest BCUT2D eigenvalue weighted by Gasteiger charge is -2.37. The first-order chi connectivity index (χ1) is 12.2. The largest absolute Gasteiger partial charge is 0.343 e. The number of aryl methyl sites for hydroxylation is 1. The molecule has 1 unspecified atom stereocenters. The van der Waals surface area contributed by atoms with Crippen molar-refractivity contribution in [1.82, 2.24) is 19.6 Å². The highest BCUT2D eigenvalue weighted by Crippen LogP contribution is 2.21. The number of nitrogens with one attached hydrogen (secondary N) is 1. The molecule has 0 radical (unpaired) electrons. The van der Waals surface area contributed by atoms with Crippen molar-refractivity contribution in [1.29, 1.82) is 0 Å². The fourth-order valence-electron chi connectivity index (χ4n) is 3.48. The lowest BCUT2D eigenvalue weighted by Crippen LogP contribution is -2.55. The van der Waals surface area contributed by atoms with Crippen LogP contribution in [0.2, 0.25) is 0 Å². The summed E-state index contributed by atoms with van der Waals surface area (Å²) >= 11 is 1.46. The molecule has 25 heavy (non-hydrogen) atoms. The van der Waals surface area contributed by atoms with Gasteiger partial charge in [-0.3, -0.25) is 4.79 Å². The Morgan fingerprint density at radius 1 is 1.24 bits per heavy atom. The fraction of sp³-hybridized carbons (Fsp3) is 0.500. The van der Waals surface area contributed by atoms with E-state index in [4.69, 9.17) is 0 Å². The number of benzene rings is 1. The Kier molecular flexibility index (Phi) is 4.67. The summed E-state index contributed by atoms with van der Waals surface area (Å²) in [6, 6.07) is 8.27. The van der Waals surface area contributed by atoms with E-state index in [2.05, 4.69) is 50.8 Å². The van der Waals surface area contributed by atoms with Crippen LogP contribution in [0.15, 0.2) is 24.3 Å². The van der Waals surface area contributed by atoms with Crippen molar-refractivity contribution >= 4 is 22.6 Å². The second-order valence-corrected chi connectivity index (χ2v) is 7.30. The van der Waals surface area contributed by atoms with E-state index in [1.54, 1.807) is 0 Å². The summed E-state index contributed by atoms with van der Waals surface area (Å²) in [5.41, 5.74) is 2.60. The highest BCUT2D eigenvalue weighted by atomic mass is 32.1. The number of anilines is 1. The smallest absolute Gasteiger partial charge is 0.240 e. The average Bonchev–Trinajstić information content (AvgIpc) is 3.16. The van der Waals surface area contributed by atoms with Crippen molar-refractivity contribution in [3.05, 3.63) is 41.2 Å². The van der Waals surface area contributed by atoms with Crippen LogP contribution >= 0.6 is 11.5 Å². The first-order valence-corrected chi connectivity index (χ1v) is 9.68. The van der Waals surface area contributed by atoms with Gasteiger partial charge in [0.25, 0.3) is 0 Å². The fourth-order valence-corrected chi connectivity index (χ4v) is 4.29. The Labute approximate surface area is 152 Å².